The van der Waals surface area contributed by atoms with E-state index in [0.717, 1.165) is 22.4 Å². The Labute approximate surface area is 133 Å². The molecular weight excluding hydrogens is 390 g/mol. The van der Waals surface area contributed by atoms with Crippen LogP contribution >= 0.6 is 31.9 Å². The third-order valence-electron chi connectivity index (χ3n) is 3.23. The van der Waals surface area contributed by atoms with Crippen LogP contribution in [0.15, 0.2) is 38.6 Å². The van der Waals surface area contributed by atoms with E-state index < -0.39 is 0 Å². The minimum absolute atomic E-state index is 0.0869. The van der Waals surface area contributed by atoms with Crippen LogP contribution in [0.1, 0.15) is 19.8 Å². The van der Waals surface area contributed by atoms with Crippen LogP contribution in [-0.4, -0.2) is 11.0 Å². The molecule has 0 aromatic heterocycles. The molecule has 0 spiro atoms. The second-order valence-electron chi connectivity index (χ2n) is 4.63. The van der Waals surface area contributed by atoms with E-state index in [1.807, 2.05) is 6.08 Å². The zero-order chi connectivity index (χ0) is 14.4. The smallest absolute Gasteiger partial charge is 0.228 e. The number of phenols is 1. The fourth-order valence-corrected chi connectivity index (χ4v) is 3.09. The highest BCUT2D eigenvalue weighted by Crippen LogP contribution is 2.46. The second-order valence-corrected chi connectivity index (χ2v) is 6.50. The molecule has 0 bridgehead atoms. The minimum atomic E-state index is -0.0990. The van der Waals surface area contributed by atoms with Crippen molar-refractivity contribution in [2.24, 2.45) is 0 Å². The fourth-order valence-electron chi connectivity index (χ4n) is 2.34. The lowest BCUT2D eigenvalue weighted by Gasteiger charge is -2.33. The molecule has 0 atom stereocenters. The van der Waals surface area contributed by atoms with E-state index in [1.54, 1.807) is 11.0 Å². The van der Waals surface area contributed by atoms with Gasteiger partial charge in [-0.2, -0.15) is 0 Å². The predicted octanol–water partition coefficient (Wildman–Crippen LogP) is 4.18. The zero-order valence-corrected chi connectivity index (χ0v) is 13.8. The van der Waals surface area contributed by atoms with Crippen molar-refractivity contribution in [1.82, 2.24) is 0 Å². The van der Waals surface area contributed by atoms with Crippen molar-refractivity contribution in [3.63, 3.8) is 0 Å². The summed E-state index contributed by atoms with van der Waals surface area (Å²) in [5.74, 6) is 1.23. The summed E-state index contributed by atoms with van der Waals surface area (Å²) in [4.78, 5) is 13.6. The van der Waals surface area contributed by atoms with Crippen molar-refractivity contribution in [2.75, 3.05) is 4.90 Å². The molecule has 2 aliphatic rings. The number of hydrogen-bond donors (Lipinski definition) is 1. The van der Waals surface area contributed by atoms with E-state index >= 15 is 0 Å². The molecule has 0 unspecified atom stereocenters. The van der Waals surface area contributed by atoms with Gasteiger partial charge >= 0.3 is 0 Å². The first-order chi connectivity index (χ1) is 9.47. The van der Waals surface area contributed by atoms with Crippen molar-refractivity contribution in [3.8, 4) is 11.5 Å². The predicted molar refractivity (Wildman–Crippen MR) is 82.9 cm³/mol. The molecule has 104 valence electrons. The molecule has 20 heavy (non-hydrogen) atoms. The molecule has 0 saturated carbocycles. The number of hydrogen-bond acceptors (Lipinski definition) is 3. The normalized spacial score (nSPS) is 17.1. The zero-order valence-electron chi connectivity index (χ0n) is 10.6. The summed E-state index contributed by atoms with van der Waals surface area (Å²) in [5, 5.41) is 9.77. The maximum Gasteiger partial charge on any atom is 0.228 e. The number of carbonyl (C=O) groups excluding carboxylic acids is 1. The fraction of sp³-hybridized carbons (Fsp3) is 0.214. The van der Waals surface area contributed by atoms with Gasteiger partial charge in [-0.3, -0.25) is 9.69 Å². The van der Waals surface area contributed by atoms with Gasteiger partial charge in [0.05, 0.1) is 15.9 Å². The molecule has 0 saturated heterocycles. The molecule has 0 fully saturated rings. The standard InChI is InChI=1S/C14H11Br2NO3/c1-7(18)17-10-4-8(15)2-3-13(10)20-14-6-12(19)9(16)5-11(14)17/h4-6,19H,2-3H2,1H3. The lowest BCUT2D eigenvalue weighted by Crippen LogP contribution is -2.33. The molecule has 1 amide bonds. The number of benzene rings is 1. The number of fused-ring (bicyclic) bond motifs is 1. The van der Waals surface area contributed by atoms with Crippen LogP contribution < -0.4 is 9.64 Å². The number of anilines is 1. The number of ether oxygens (including phenoxy) is 1. The Hall–Kier alpha value is -1.27. The van der Waals surface area contributed by atoms with Crippen LogP contribution in [0.4, 0.5) is 5.69 Å². The SMILES string of the molecule is CC(=O)N1C2=C(CCC(Br)=C2)Oc2cc(O)c(Br)cc21. The summed E-state index contributed by atoms with van der Waals surface area (Å²) in [7, 11) is 0. The molecule has 1 aliphatic heterocycles. The van der Waals surface area contributed by atoms with Crippen molar-refractivity contribution in [2.45, 2.75) is 19.8 Å². The Kier molecular flexibility index (Phi) is 3.38. The van der Waals surface area contributed by atoms with E-state index in [2.05, 4.69) is 31.9 Å². The summed E-state index contributed by atoms with van der Waals surface area (Å²) < 4.78 is 7.40. The van der Waals surface area contributed by atoms with E-state index in [-0.39, 0.29) is 11.7 Å². The van der Waals surface area contributed by atoms with E-state index in [4.69, 9.17) is 4.74 Å². The number of phenolic OH excluding ortho intramolecular Hbond substituents is 1. The first-order valence-corrected chi connectivity index (χ1v) is 7.66. The van der Waals surface area contributed by atoms with Crippen LogP contribution in [0.25, 0.3) is 0 Å². The topological polar surface area (TPSA) is 49.8 Å². The van der Waals surface area contributed by atoms with Crippen LogP contribution in [-0.2, 0) is 4.79 Å². The number of aromatic hydroxyl groups is 1. The lowest BCUT2D eigenvalue weighted by molar-refractivity contribution is -0.116. The van der Waals surface area contributed by atoms with Gasteiger partial charge in [-0.1, -0.05) is 15.9 Å². The van der Waals surface area contributed by atoms with Crippen LogP contribution in [0.3, 0.4) is 0 Å². The molecule has 1 heterocycles. The number of rotatable bonds is 0. The lowest BCUT2D eigenvalue weighted by atomic mass is 10.1. The Morgan fingerprint density at radius 1 is 1.35 bits per heavy atom. The molecule has 3 rings (SSSR count). The Morgan fingerprint density at radius 3 is 2.80 bits per heavy atom. The number of nitrogens with zero attached hydrogens (tertiary/aromatic N) is 1. The Balaban J connectivity index is 2.20. The van der Waals surface area contributed by atoms with Crippen molar-refractivity contribution < 1.29 is 14.6 Å². The Morgan fingerprint density at radius 2 is 2.10 bits per heavy atom. The highest BCUT2D eigenvalue weighted by atomic mass is 79.9. The van der Waals surface area contributed by atoms with Crippen molar-refractivity contribution >= 4 is 43.5 Å². The third-order valence-corrected chi connectivity index (χ3v) is 4.49. The van der Waals surface area contributed by atoms with Gasteiger partial charge < -0.3 is 9.84 Å². The monoisotopic (exact) mass is 399 g/mol. The van der Waals surface area contributed by atoms with E-state index in [0.29, 0.717) is 22.3 Å². The first kappa shape index (κ1) is 13.7. The van der Waals surface area contributed by atoms with Crippen molar-refractivity contribution in [3.05, 3.63) is 38.6 Å². The highest BCUT2D eigenvalue weighted by molar-refractivity contribution is 9.11. The molecule has 1 aromatic rings. The van der Waals surface area contributed by atoms with E-state index in [9.17, 15) is 9.90 Å². The van der Waals surface area contributed by atoms with Crippen LogP contribution in [0.2, 0.25) is 0 Å². The number of allylic oxidation sites excluding steroid dienone is 3. The maximum absolute atomic E-state index is 12.0. The largest absolute Gasteiger partial charge is 0.507 e. The van der Waals surface area contributed by atoms with E-state index in [1.165, 1.54) is 13.0 Å². The quantitative estimate of drug-likeness (QED) is 0.710. The summed E-state index contributed by atoms with van der Waals surface area (Å²) in [6, 6.07) is 3.21. The molecule has 1 aromatic carbocycles. The van der Waals surface area contributed by atoms with Gasteiger partial charge in [-0.15, -0.1) is 0 Å². The Bertz CT molecular complexity index is 679. The van der Waals surface area contributed by atoms with Gasteiger partial charge in [0, 0.05) is 19.4 Å². The van der Waals surface area contributed by atoms with Gasteiger partial charge in [0.15, 0.2) is 5.75 Å². The maximum atomic E-state index is 12.0. The van der Waals surface area contributed by atoms with Gasteiger partial charge in [-0.25, -0.2) is 0 Å². The van der Waals surface area contributed by atoms with Crippen LogP contribution in [0, 0.1) is 0 Å². The summed E-state index contributed by atoms with van der Waals surface area (Å²) in [5.41, 5.74) is 1.38. The molecule has 1 aliphatic carbocycles. The molecule has 0 radical (unpaired) electrons. The summed E-state index contributed by atoms with van der Waals surface area (Å²) in [6.45, 7) is 1.51. The molecule has 6 heteroatoms. The minimum Gasteiger partial charge on any atom is -0.507 e. The van der Waals surface area contributed by atoms with Crippen LogP contribution in [0.5, 0.6) is 11.5 Å². The van der Waals surface area contributed by atoms with Gasteiger partial charge in [0.25, 0.3) is 0 Å². The van der Waals surface area contributed by atoms with Gasteiger partial charge in [0.2, 0.25) is 5.91 Å². The number of amides is 1. The van der Waals surface area contributed by atoms with Crippen molar-refractivity contribution in [1.29, 1.82) is 0 Å². The molecular formula is C14H11Br2NO3. The summed E-state index contributed by atoms with van der Waals surface area (Å²) >= 11 is 6.74. The number of carbonyl (C=O) groups is 1. The van der Waals surface area contributed by atoms with Gasteiger partial charge in [-0.05, 0) is 39.0 Å². The highest BCUT2D eigenvalue weighted by Gasteiger charge is 2.31. The third kappa shape index (κ3) is 2.16. The first-order valence-electron chi connectivity index (χ1n) is 6.07. The molecule has 4 nitrogen and oxygen atoms in total. The van der Waals surface area contributed by atoms with Gasteiger partial charge in [0.1, 0.15) is 11.5 Å². The number of halogens is 2. The summed E-state index contributed by atoms with van der Waals surface area (Å²) in [6.07, 6.45) is 3.46. The average Bonchev–Trinajstić information content (AvgIpc) is 2.37. The second kappa shape index (κ2) is 4.93. The average molecular weight is 401 g/mol. The molecule has 1 N–H and O–H groups in total.